The van der Waals surface area contributed by atoms with E-state index >= 15 is 0 Å². The summed E-state index contributed by atoms with van der Waals surface area (Å²) >= 11 is 0. The topological polar surface area (TPSA) is 51.7 Å². The SMILES string of the molecule is COc1ccnc(CC(=O)N2CC(c3ccccc3)C3COCCC32)c1. The second-order valence-electron chi connectivity index (χ2n) is 7.02. The summed E-state index contributed by atoms with van der Waals surface area (Å²) in [7, 11) is 1.62. The van der Waals surface area contributed by atoms with Gasteiger partial charge in [-0.1, -0.05) is 30.3 Å². The summed E-state index contributed by atoms with van der Waals surface area (Å²) in [6.07, 6.45) is 2.91. The summed E-state index contributed by atoms with van der Waals surface area (Å²) in [4.78, 5) is 19.4. The average molecular weight is 352 g/mol. The Kier molecular flexibility index (Phi) is 4.89. The molecule has 4 rings (SSSR count). The lowest BCUT2D eigenvalue weighted by Gasteiger charge is -2.32. The molecule has 1 aromatic carbocycles. The summed E-state index contributed by atoms with van der Waals surface area (Å²) < 4.78 is 11.0. The van der Waals surface area contributed by atoms with Crippen LogP contribution in [-0.4, -0.2) is 48.7 Å². The molecule has 2 fully saturated rings. The van der Waals surface area contributed by atoms with Crippen LogP contribution in [0.3, 0.4) is 0 Å². The summed E-state index contributed by atoms with van der Waals surface area (Å²) in [5, 5.41) is 0. The highest BCUT2D eigenvalue weighted by Crippen LogP contribution is 2.41. The fraction of sp³-hybridized carbons (Fsp3) is 0.429. The second-order valence-corrected chi connectivity index (χ2v) is 7.02. The molecule has 0 saturated carbocycles. The number of likely N-dealkylation sites (tertiary alicyclic amines) is 1. The summed E-state index contributed by atoms with van der Waals surface area (Å²) in [6, 6.07) is 14.4. The Bertz CT molecular complexity index is 765. The predicted octanol–water partition coefficient (Wildman–Crippen LogP) is 2.66. The van der Waals surface area contributed by atoms with Crippen LogP contribution < -0.4 is 4.74 Å². The van der Waals surface area contributed by atoms with Crippen LogP contribution in [0.25, 0.3) is 0 Å². The molecule has 2 aromatic rings. The Morgan fingerprint density at radius 2 is 2.15 bits per heavy atom. The lowest BCUT2D eigenvalue weighted by Crippen LogP contribution is -2.42. The fourth-order valence-corrected chi connectivity index (χ4v) is 4.28. The van der Waals surface area contributed by atoms with E-state index in [-0.39, 0.29) is 11.9 Å². The molecule has 2 aliphatic heterocycles. The maximum atomic E-state index is 13.1. The Balaban J connectivity index is 1.54. The molecule has 0 radical (unpaired) electrons. The summed E-state index contributed by atoms with van der Waals surface area (Å²) in [6.45, 7) is 2.21. The van der Waals surface area contributed by atoms with E-state index in [0.717, 1.165) is 37.6 Å². The van der Waals surface area contributed by atoms with Crippen molar-refractivity contribution in [2.75, 3.05) is 26.9 Å². The van der Waals surface area contributed by atoms with Crippen LogP contribution in [0.4, 0.5) is 0 Å². The fourth-order valence-electron chi connectivity index (χ4n) is 4.28. The van der Waals surface area contributed by atoms with E-state index in [0.29, 0.717) is 18.3 Å². The monoisotopic (exact) mass is 352 g/mol. The predicted molar refractivity (Wildman–Crippen MR) is 98.1 cm³/mol. The van der Waals surface area contributed by atoms with Crippen LogP contribution in [0.15, 0.2) is 48.7 Å². The molecule has 0 spiro atoms. The summed E-state index contributed by atoms with van der Waals surface area (Å²) in [5.41, 5.74) is 2.05. The van der Waals surface area contributed by atoms with Crippen molar-refractivity contribution in [1.82, 2.24) is 9.88 Å². The quantitative estimate of drug-likeness (QED) is 0.849. The third-order valence-electron chi connectivity index (χ3n) is 5.58. The van der Waals surface area contributed by atoms with Crippen LogP contribution in [0.5, 0.6) is 5.75 Å². The van der Waals surface area contributed by atoms with Crippen molar-refractivity contribution in [2.45, 2.75) is 24.8 Å². The van der Waals surface area contributed by atoms with Gasteiger partial charge in [0.25, 0.3) is 0 Å². The first-order chi connectivity index (χ1) is 12.8. The molecule has 136 valence electrons. The number of methoxy groups -OCH3 is 1. The number of hydrogen-bond donors (Lipinski definition) is 0. The minimum atomic E-state index is 0.140. The lowest BCUT2D eigenvalue weighted by molar-refractivity contribution is -0.133. The van der Waals surface area contributed by atoms with Crippen molar-refractivity contribution in [3.05, 3.63) is 59.9 Å². The molecular formula is C21H24N2O3. The highest BCUT2D eigenvalue weighted by Gasteiger charge is 2.45. The van der Waals surface area contributed by atoms with Gasteiger partial charge in [0.1, 0.15) is 5.75 Å². The van der Waals surface area contributed by atoms with Gasteiger partial charge in [0, 0.05) is 43.3 Å². The van der Waals surface area contributed by atoms with E-state index in [2.05, 4.69) is 34.1 Å². The molecule has 1 aromatic heterocycles. The molecule has 26 heavy (non-hydrogen) atoms. The number of hydrogen-bond acceptors (Lipinski definition) is 4. The van der Waals surface area contributed by atoms with E-state index in [9.17, 15) is 4.79 Å². The molecule has 3 atom stereocenters. The van der Waals surface area contributed by atoms with Crippen LogP contribution in [0, 0.1) is 5.92 Å². The zero-order valence-corrected chi connectivity index (χ0v) is 15.0. The van der Waals surface area contributed by atoms with Crippen molar-refractivity contribution >= 4 is 5.91 Å². The summed E-state index contributed by atoms with van der Waals surface area (Å²) in [5.74, 6) is 1.58. The van der Waals surface area contributed by atoms with Crippen molar-refractivity contribution in [3.8, 4) is 5.75 Å². The van der Waals surface area contributed by atoms with Gasteiger partial charge in [-0.05, 0) is 18.1 Å². The van der Waals surface area contributed by atoms with E-state index < -0.39 is 0 Å². The molecule has 0 aliphatic carbocycles. The first-order valence-corrected chi connectivity index (χ1v) is 9.17. The average Bonchev–Trinajstić information content (AvgIpc) is 3.09. The third kappa shape index (κ3) is 3.31. The van der Waals surface area contributed by atoms with Crippen molar-refractivity contribution in [2.24, 2.45) is 5.92 Å². The molecule has 2 saturated heterocycles. The second kappa shape index (κ2) is 7.46. The number of nitrogens with zero attached hydrogens (tertiary/aromatic N) is 2. The standard InChI is InChI=1S/C21H24N2O3/c1-25-17-7-9-22-16(11-17)12-21(24)23-13-18(15-5-3-2-4-6-15)19-14-26-10-8-20(19)23/h2-7,9,11,18-20H,8,10,12-14H2,1H3. The first kappa shape index (κ1) is 17.0. The molecular weight excluding hydrogens is 328 g/mol. The largest absolute Gasteiger partial charge is 0.497 e. The van der Waals surface area contributed by atoms with E-state index in [1.807, 2.05) is 12.1 Å². The smallest absolute Gasteiger partial charge is 0.228 e. The molecule has 3 heterocycles. The van der Waals surface area contributed by atoms with Gasteiger partial charge in [-0.25, -0.2) is 0 Å². The molecule has 1 amide bonds. The molecule has 3 unspecified atom stereocenters. The van der Waals surface area contributed by atoms with Crippen LogP contribution in [-0.2, 0) is 16.0 Å². The number of pyridine rings is 1. The molecule has 0 N–H and O–H groups in total. The normalized spacial score (nSPS) is 25.0. The van der Waals surface area contributed by atoms with Gasteiger partial charge in [0.05, 0.1) is 25.8 Å². The number of benzene rings is 1. The maximum absolute atomic E-state index is 13.1. The zero-order chi connectivity index (χ0) is 17.9. The van der Waals surface area contributed by atoms with E-state index in [4.69, 9.17) is 9.47 Å². The van der Waals surface area contributed by atoms with Gasteiger partial charge in [0.2, 0.25) is 5.91 Å². The van der Waals surface area contributed by atoms with Crippen LogP contribution in [0.1, 0.15) is 23.6 Å². The van der Waals surface area contributed by atoms with Crippen molar-refractivity contribution in [3.63, 3.8) is 0 Å². The van der Waals surface area contributed by atoms with Crippen molar-refractivity contribution in [1.29, 1.82) is 0 Å². The highest BCUT2D eigenvalue weighted by molar-refractivity contribution is 5.79. The molecule has 5 heteroatoms. The lowest BCUT2D eigenvalue weighted by atomic mass is 9.84. The number of fused-ring (bicyclic) bond motifs is 1. The van der Waals surface area contributed by atoms with Gasteiger partial charge in [-0.3, -0.25) is 9.78 Å². The van der Waals surface area contributed by atoms with Crippen LogP contribution in [0.2, 0.25) is 0 Å². The minimum absolute atomic E-state index is 0.140. The van der Waals surface area contributed by atoms with Gasteiger partial charge in [0.15, 0.2) is 0 Å². The van der Waals surface area contributed by atoms with Crippen molar-refractivity contribution < 1.29 is 14.3 Å². The highest BCUT2D eigenvalue weighted by atomic mass is 16.5. The Morgan fingerprint density at radius 3 is 2.96 bits per heavy atom. The number of aromatic nitrogens is 1. The number of carbonyl (C=O) groups is 1. The van der Waals surface area contributed by atoms with Crippen LogP contribution >= 0.6 is 0 Å². The Hall–Kier alpha value is -2.40. The van der Waals surface area contributed by atoms with Gasteiger partial charge in [-0.2, -0.15) is 0 Å². The number of ether oxygens (including phenoxy) is 2. The van der Waals surface area contributed by atoms with E-state index in [1.165, 1.54) is 5.56 Å². The van der Waals surface area contributed by atoms with Gasteiger partial charge >= 0.3 is 0 Å². The number of carbonyl (C=O) groups excluding carboxylic acids is 1. The molecule has 0 bridgehead atoms. The van der Waals surface area contributed by atoms with E-state index in [1.54, 1.807) is 19.4 Å². The number of rotatable bonds is 4. The third-order valence-corrected chi connectivity index (χ3v) is 5.58. The first-order valence-electron chi connectivity index (χ1n) is 9.17. The number of amides is 1. The molecule has 2 aliphatic rings. The van der Waals surface area contributed by atoms with Gasteiger partial charge < -0.3 is 14.4 Å². The Labute approximate surface area is 153 Å². The maximum Gasteiger partial charge on any atom is 0.228 e. The minimum Gasteiger partial charge on any atom is -0.497 e. The zero-order valence-electron chi connectivity index (χ0n) is 15.0. The van der Waals surface area contributed by atoms with Gasteiger partial charge in [-0.15, -0.1) is 0 Å². The Morgan fingerprint density at radius 1 is 1.31 bits per heavy atom. The molecule has 5 nitrogen and oxygen atoms in total.